The Morgan fingerprint density at radius 2 is 1.58 bits per heavy atom. The number of hydrogen-bond acceptors (Lipinski definition) is 7. The van der Waals surface area contributed by atoms with Crippen molar-refractivity contribution in [1.29, 1.82) is 0 Å². The Labute approximate surface area is 275 Å². The molecule has 0 aromatic heterocycles. The SMILES string of the molecule is CCOc1ccc(N(CC(=O)N(Cc2ccc(Cl)cc2Cl)[C@H](CC)C(=O)NC(C)C)S(=O)(=O)c2ccc(OC)c(OC)c2)cc1. The zero-order chi connectivity index (χ0) is 33.3. The molecule has 13 heteroatoms. The Balaban J connectivity index is 2.13. The van der Waals surface area contributed by atoms with Crippen molar-refractivity contribution in [3.63, 3.8) is 0 Å². The van der Waals surface area contributed by atoms with E-state index < -0.39 is 28.5 Å². The second kappa shape index (κ2) is 16.1. The smallest absolute Gasteiger partial charge is 0.264 e. The fourth-order valence-electron chi connectivity index (χ4n) is 4.64. The zero-order valence-corrected chi connectivity index (χ0v) is 28.5. The van der Waals surface area contributed by atoms with Crippen LogP contribution < -0.4 is 23.8 Å². The third-order valence-electron chi connectivity index (χ3n) is 6.83. The van der Waals surface area contributed by atoms with Gasteiger partial charge in [-0.1, -0.05) is 36.2 Å². The number of rotatable bonds is 15. The molecule has 0 spiro atoms. The first kappa shape index (κ1) is 35.8. The second-order valence-electron chi connectivity index (χ2n) is 10.3. The minimum Gasteiger partial charge on any atom is -0.494 e. The highest BCUT2D eigenvalue weighted by Crippen LogP contribution is 2.33. The Bertz CT molecular complexity index is 1580. The monoisotopic (exact) mass is 679 g/mol. The molecule has 0 aliphatic heterocycles. The van der Waals surface area contributed by atoms with E-state index in [-0.39, 0.29) is 41.2 Å². The van der Waals surface area contributed by atoms with Crippen molar-refractivity contribution in [1.82, 2.24) is 10.2 Å². The summed E-state index contributed by atoms with van der Waals surface area (Å²) in [5.41, 5.74) is 0.756. The summed E-state index contributed by atoms with van der Waals surface area (Å²) in [6.45, 7) is 6.98. The molecule has 0 saturated heterocycles. The number of benzene rings is 3. The number of carbonyl (C=O) groups excluding carboxylic acids is 2. The van der Waals surface area contributed by atoms with Crippen LogP contribution in [0, 0.1) is 0 Å². The molecule has 0 aliphatic rings. The van der Waals surface area contributed by atoms with Crippen molar-refractivity contribution in [2.24, 2.45) is 0 Å². The molecule has 244 valence electrons. The summed E-state index contributed by atoms with van der Waals surface area (Å²) in [7, 11) is -1.52. The summed E-state index contributed by atoms with van der Waals surface area (Å²) in [6.07, 6.45) is 0.265. The quantitative estimate of drug-likeness (QED) is 0.212. The molecule has 0 unspecified atom stereocenters. The van der Waals surface area contributed by atoms with Crippen molar-refractivity contribution >= 4 is 50.7 Å². The van der Waals surface area contributed by atoms with Crippen LogP contribution in [0.15, 0.2) is 65.6 Å². The molecule has 45 heavy (non-hydrogen) atoms. The van der Waals surface area contributed by atoms with E-state index >= 15 is 0 Å². The van der Waals surface area contributed by atoms with Gasteiger partial charge >= 0.3 is 0 Å². The summed E-state index contributed by atoms with van der Waals surface area (Å²) in [6, 6.07) is 14.3. The van der Waals surface area contributed by atoms with E-state index in [0.29, 0.717) is 33.7 Å². The summed E-state index contributed by atoms with van der Waals surface area (Å²) in [5.74, 6) is 0.0810. The van der Waals surface area contributed by atoms with Gasteiger partial charge in [0.2, 0.25) is 11.8 Å². The van der Waals surface area contributed by atoms with E-state index in [9.17, 15) is 18.0 Å². The van der Waals surface area contributed by atoms with Gasteiger partial charge in [0.25, 0.3) is 10.0 Å². The number of hydrogen-bond donors (Lipinski definition) is 1. The molecule has 10 nitrogen and oxygen atoms in total. The maximum absolute atomic E-state index is 14.3. The van der Waals surface area contributed by atoms with E-state index in [4.69, 9.17) is 37.4 Å². The number of nitrogens with one attached hydrogen (secondary N) is 1. The van der Waals surface area contributed by atoms with Crippen LogP contribution in [0.4, 0.5) is 5.69 Å². The number of methoxy groups -OCH3 is 2. The van der Waals surface area contributed by atoms with E-state index in [1.807, 2.05) is 20.8 Å². The average molecular weight is 681 g/mol. The van der Waals surface area contributed by atoms with Crippen LogP contribution in [0.5, 0.6) is 17.2 Å². The molecule has 1 atom stereocenters. The predicted molar refractivity (Wildman–Crippen MR) is 176 cm³/mol. The summed E-state index contributed by atoms with van der Waals surface area (Å²) in [5, 5.41) is 3.58. The molecule has 2 amide bonds. The Morgan fingerprint density at radius 3 is 2.13 bits per heavy atom. The Morgan fingerprint density at radius 1 is 0.911 bits per heavy atom. The third kappa shape index (κ3) is 8.96. The van der Waals surface area contributed by atoms with Gasteiger partial charge in [0, 0.05) is 28.7 Å². The number of ether oxygens (including phenoxy) is 3. The van der Waals surface area contributed by atoms with Crippen molar-refractivity contribution in [2.75, 3.05) is 31.7 Å². The normalized spacial score (nSPS) is 11.9. The third-order valence-corrected chi connectivity index (χ3v) is 9.19. The first-order valence-corrected chi connectivity index (χ1v) is 16.6. The first-order chi connectivity index (χ1) is 21.4. The number of sulfonamides is 1. The topological polar surface area (TPSA) is 114 Å². The number of halogens is 2. The number of amides is 2. The second-order valence-corrected chi connectivity index (χ2v) is 13.0. The lowest BCUT2D eigenvalue weighted by Crippen LogP contribution is -2.53. The van der Waals surface area contributed by atoms with E-state index in [0.717, 1.165) is 4.31 Å². The van der Waals surface area contributed by atoms with Gasteiger partial charge in [0.05, 0.1) is 31.4 Å². The minimum absolute atomic E-state index is 0.0631. The molecule has 0 fully saturated rings. The Kier molecular flexibility index (Phi) is 12.8. The van der Waals surface area contributed by atoms with Gasteiger partial charge in [-0.25, -0.2) is 8.42 Å². The summed E-state index contributed by atoms with van der Waals surface area (Å²) >= 11 is 12.6. The maximum atomic E-state index is 14.3. The zero-order valence-electron chi connectivity index (χ0n) is 26.2. The fraction of sp³-hybridized carbons (Fsp3) is 0.375. The minimum atomic E-state index is -4.36. The van der Waals surface area contributed by atoms with Crippen LogP contribution in [-0.2, 0) is 26.2 Å². The number of nitrogens with zero attached hydrogens (tertiary/aromatic N) is 2. The molecular formula is C32H39Cl2N3O7S. The van der Waals surface area contributed by atoms with Gasteiger partial charge in [-0.2, -0.15) is 0 Å². The molecule has 3 rings (SSSR count). The molecule has 0 aliphatic carbocycles. The lowest BCUT2D eigenvalue weighted by atomic mass is 10.1. The van der Waals surface area contributed by atoms with Crippen molar-refractivity contribution in [3.05, 3.63) is 76.3 Å². The van der Waals surface area contributed by atoms with Crippen molar-refractivity contribution in [2.45, 2.75) is 57.6 Å². The molecule has 0 radical (unpaired) electrons. The predicted octanol–water partition coefficient (Wildman–Crippen LogP) is 5.94. The number of carbonyl (C=O) groups is 2. The standard InChI is InChI=1S/C32H39Cl2N3O7S/c1-7-28(32(39)35-21(3)4)36(19-22-9-10-23(33)17-27(22)34)31(38)20-37(24-11-13-25(14-12-24)44-8-2)45(40,41)26-15-16-29(42-5)30(18-26)43-6/h9-18,21,28H,7-8,19-20H2,1-6H3,(H,35,39)/t28-/m1/s1. The van der Waals surface area contributed by atoms with Crippen LogP contribution >= 0.6 is 23.2 Å². The highest BCUT2D eigenvalue weighted by molar-refractivity contribution is 7.92. The molecule has 1 N–H and O–H groups in total. The van der Waals surface area contributed by atoms with Crippen molar-refractivity contribution in [3.8, 4) is 17.2 Å². The lowest BCUT2D eigenvalue weighted by molar-refractivity contribution is -0.140. The van der Waals surface area contributed by atoms with Crippen molar-refractivity contribution < 1.29 is 32.2 Å². The highest BCUT2D eigenvalue weighted by atomic mass is 35.5. The van der Waals surface area contributed by atoms with E-state index in [1.54, 1.807) is 49.4 Å². The number of anilines is 1. The van der Waals surface area contributed by atoms with Crippen LogP contribution in [-0.4, -0.2) is 64.6 Å². The molecule has 0 saturated carbocycles. The lowest BCUT2D eigenvalue weighted by Gasteiger charge is -2.33. The van der Waals surface area contributed by atoms with Gasteiger partial charge in [0.15, 0.2) is 11.5 Å². The maximum Gasteiger partial charge on any atom is 0.264 e. The van der Waals surface area contributed by atoms with Crippen LogP contribution in [0.25, 0.3) is 0 Å². The summed E-state index contributed by atoms with van der Waals surface area (Å²) in [4.78, 5) is 28.8. The molecular weight excluding hydrogens is 641 g/mol. The first-order valence-electron chi connectivity index (χ1n) is 14.4. The molecule has 3 aromatic rings. The van der Waals surface area contributed by atoms with E-state index in [1.165, 1.54) is 37.3 Å². The largest absolute Gasteiger partial charge is 0.494 e. The van der Waals surface area contributed by atoms with E-state index in [2.05, 4.69) is 5.32 Å². The van der Waals surface area contributed by atoms with Gasteiger partial charge in [-0.3, -0.25) is 13.9 Å². The molecule has 0 bridgehead atoms. The fourth-order valence-corrected chi connectivity index (χ4v) is 6.54. The van der Waals surface area contributed by atoms with Crippen LogP contribution in [0.3, 0.4) is 0 Å². The average Bonchev–Trinajstić information content (AvgIpc) is 3.00. The van der Waals surface area contributed by atoms with Gasteiger partial charge in [-0.05, 0) is 81.3 Å². The molecule has 0 heterocycles. The molecule has 3 aromatic carbocycles. The highest BCUT2D eigenvalue weighted by Gasteiger charge is 2.34. The van der Waals surface area contributed by atoms with Gasteiger partial charge < -0.3 is 24.4 Å². The Hall–Kier alpha value is -3.67. The van der Waals surface area contributed by atoms with Crippen LogP contribution in [0.1, 0.15) is 39.7 Å². The van der Waals surface area contributed by atoms with Gasteiger partial charge in [-0.15, -0.1) is 0 Å². The summed E-state index contributed by atoms with van der Waals surface area (Å²) < 4.78 is 45.7. The van der Waals surface area contributed by atoms with Crippen LogP contribution in [0.2, 0.25) is 10.0 Å². The van der Waals surface area contributed by atoms with Gasteiger partial charge in [0.1, 0.15) is 18.3 Å².